The normalized spacial score (nSPS) is 10.5. The lowest BCUT2D eigenvalue weighted by Crippen LogP contribution is -2.33. The van der Waals surface area contributed by atoms with E-state index in [2.05, 4.69) is 54.5 Å². The average molecular weight is 326 g/mol. The Bertz CT molecular complexity index is 649. The van der Waals surface area contributed by atoms with Crippen molar-refractivity contribution < 1.29 is 4.79 Å². The first-order valence-electron chi connectivity index (χ1n) is 8.56. The van der Waals surface area contributed by atoms with Crippen LogP contribution in [0, 0.1) is 6.92 Å². The van der Waals surface area contributed by atoms with Gasteiger partial charge in [-0.05, 0) is 37.5 Å². The minimum atomic E-state index is -0.0450. The van der Waals surface area contributed by atoms with Gasteiger partial charge in [0.15, 0.2) is 5.69 Å². The highest BCUT2D eigenvalue weighted by Gasteiger charge is 2.16. The molecule has 0 saturated heterocycles. The molecule has 24 heavy (non-hydrogen) atoms. The van der Waals surface area contributed by atoms with Gasteiger partial charge >= 0.3 is 0 Å². The monoisotopic (exact) mass is 326 g/mol. The summed E-state index contributed by atoms with van der Waals surface area (Å²) < 4.78 is 0. The molecule has 0 atom stereocenters. The number of carbonyl (C=O) groups is 1. The first-order valence-corrected chi connectivity index (χ1v) is 8.56. The first-order chi connectivity index (χ1) is 11.6. The molecular weight excluding hydrogens is 300 g/mol. The van der Waals surface area contributed by atoms with Gasteiger partial charge in [-0.1, -0.05) is 43.7 Å². The van der Waals surface area contributed by atoms with Gasteiger partial charge < -0.3 is 10.2 Å². The predicted molar refractivity (Wildman–Crippen MR) is 97.0 cm³/mol. The van der Waals surface area contributed by atoms with Crippen molar-refractivity contribution in [3.8, 4) is 0 Å². The molecule has 0 bridgehead atoms. The molecule has 0 aliphatic rings. The molecule has 0 radical (unpaired) electrons. The van der Waals surface area contributed by atoms with Crippen molar-refractivity contribution in [2.24, 2.45) is 0 Å². The Morgan fingerprint density at radius 2 is 1.83 bits per heavy atom. The van der Waals surface area contributed by atoms with Crippen LogP contribution in [0.2, 0.25) is 0 Å². The summed E-state index contributed by atoms with van der Waals surface area (Å²) in [6.07, 6.45) is 1.88. The highest BCUT2D eigenvalue weighted by atomic mass is 16.2. The van der Waals surface area contributed by atoms with Gasteiger partial charge in [0.25, 0.3) is 5.91 Å². The van der Waals surface area contributed by atoms with Crippen LogP contribution in [-0.2, 0) is 6.54 Å². The van der Waals surface area contributed by atoms with Crippen LogP contribution in [0.1, 0.15) is 48.3 Å². The summed E-state index contributed by atoms with van der Waals surface area (Å²) in [7, 11) is 0. The van der Waals surface area contributed by atoms with Crippen LogP contribution in [0.4, 0.5) is 5.82 Å². The largest absolute Gasteiger partial charge is 0.365 e. The van der Waals surface area contributed by atoms with Crippen molar-refractivity contribution in [1.29, 1.82) is 0 Å². The fourth-order valence-electron chi connectivity index (χ4n) is 2.57. The second-order valence-corrected chi connectivity index (χ2v) is 5.94. The van der Waals surface area contributed by atoms with E-state index in [4.69, 9.17) is 0 Å². The molecule has 128 valence electrons. The van der Waals surface area contributed by atoms with Gasteiger partial charge in [-0.3, -0.25) is 4.79 Å². The predicted octanol–water partition coefficient (Wildman–Crippen LogP) is 3.66. The summed E-state index contributed by atoms with van der Waals surface area (Å²) in [4.78, 5) is 14.3. The Morgan fingerprint density at radius 1 is 1.08 bits per heavy atom. The van der Waals surface area contributed by atoms with E-state index in [0.717, 1.165) is 25.9 Å². The van der Waals surface area contributed by atoms with Crippen molar-refractivity contribution >= 4 is 11.7 Å². The molecular formula is C19H26N4O. The zero-order valence-corrected chi connectivity index (χ0v) is 14.7. The van der Waals surface area contributed by atoms with E-state index in [9.17, 15) is 4.79 Å². The Balaban J connectivity index is 1.97. The van der Waals surface area contributed by atoms with Crippen molar-refractivity contribution in [1.82, 2.24) is 15.1 Å². The number of carbonyl (C=O) groups excluding carboxylic acids is 1. The number of nitrogens with one attached hydrogen (secondary N) is 1. The third-order valence-corrected chi connectivity index (χ3v) is 3.71. The van der Waals surface area contributed by atoms with Crippen LogP contribution in [0.5, 0.6) is 0 Å². The van der Waals surface area contributed by atoms with Crippen molar-refractivity contribution in [3.05, 3.63) is 53.2 Å². The summed E-state index contributed by atoms with van der Waals surface area (Å²) in [5, 5.41) is 11.5. The minimum absolute atomic E-state index is 0.0450. The van der Waals surface area contributed by atoms with E-state index in [1.165, 1.54) is 11.1 Å². The molecule has 0 saturated carbocycles. The number of nitrogens with zero attached hydrogens (tertiary/aromatic N) is 3. The topological polar surface area (TPSA) is 58.1 Å². The van der Waals surface area contributed by atoms with Crippen molar-refractivity contribution in [2.75, 3.05) is 18.4 Å². The van der Waals surface area contributed by atoms with Gasteiger partial charge in [-0.25, -0.2) is 0 Å². The van der Waals surface area contributed by atoms with E-state index in [-0.39, 0.29) is 5.91 Å². The van der Waals surface area contributed by atoms with E-state index in [1.807, 2.05) is 17.0 Å². The van der Waals surface area contributed by atoms with Gasteiger partial charge in [0.05, 0.1) is 0 Å². The Labute approximate surface area is 144 Å². The van der Waals surface area contributed by atoms with Gasteiger partial charge in [0.2, 0.25) is 0 Å². The quantitative estimate of drug-likeness (QED) is 0.804. The summed E-state index contributed by atoms with van der Waals surface area (Å²) in [5.41, 5.74) is 2.82. The van der Waals surface area contributed by atoms with Crippen LogP contribution < -0.4 is 5.32 Å². The van der Waals surface area contributed by atoms with Crippen molar-refractivity contribution in [3.63, 3.8) is 0 Å². The Morgan fingerprint density at radius 3 is 2.42 bits per heavy atom. The molecule has 0 aliphatic heterocycles. The fourth-order valence-corrected chi connectivity index (χ4v) is 2.57. The fraction of sp³-hybridized carbons (Fsp3) is 0.421. The molecule has 0 aliphatic carbocycles. The molecule has 5 heteroatoms. The summed E-state index contributed by atoms with van der Waals surface area (Å²) in [5.74, 6) is 0.627. The van der Waals surface area contributed by atoms with Gasteiger partial charge in [0, 0.05) is 19.6 Å². The zero-order valence-electron chi connectivity index (χ0n) is 14.7. The molecule has 2 rings (SSSR count). The SMILES string of the molecule is CCCN(CCC)C(=O)c1ccc(NCc2cccc(C)c2)nn1. The number of rotatable bonds is 8. The highest BCUT2D eigenvalue weighted by molar-refractivity contribution is 5.92. The Kier molecular flexibility index (Phi) is 6.73. The van der Waals surface area contributed by atoms with E-state index < -0.39 is 0 Å². The van der Waals surface area contributed by atoms with Gasteiger partial charge in [0.1, 0.15) is 5.82 Å². The van der Waals surface area contributed by atoms with Gasteiger partial charge in [-0.2, -0.15) is 0 Å². The van der Waals surface area contributed by atoms with Crippen LogP contribution in [0.15, 0.2) is 36.4 Å². The zero-order chi connectivity index (χ0) is 17.4. The minimum Gasteiger partial charge on any atom is -0.365 e. The lowest BCUT2D eigenvalue weighted by Gasteiger charge is -2.20. The highest BCUT2D eigenvalue weighted by Crippen LogP contribution is 2.09. The maximum Gasteiger partial charge on any atom is 0.274 e. The third-order valence-electron chi connectivity index (χ3n) is 3.71. The first kappa shape index (κ1) is 17.9. The van der Waals surface area contributed by atoms with Crippen LogP contribution >= 0.6 is 0 Å². The smallest absolute Gasteiger partial charge is 0.274 e. The third kappa shape index (κ3) is 5.05. The van der Waals surface area contributed by atoms with Crippen molar-refractivity contribution in [2.45, 2.75) is 40.2 Å². The van der Waals surface area contributed by atoms with Crippen LogP contribution in [-0.4, -0.2) is 34.1 Å². The molecule has 1 heterocycles. The second-order valence-electron chi connectivity index (χ2n) is 5.94. The molecule has 0 spiro atoms. The number of aryl methyl sites for hydroxylation is 1. The molecule has 0 fully saturated rings. The standard InChI is InChI=1S/C19H26N4O/c1-4-11-23(12-5-2)19(24)17-9-10-18(22-21-17)20-14-16-8-6-7-15(3)13-16/h6-10,13H,4-5,11-12,14H2,1-3H3,(H,20,22). The molecule has 5 nitrogen and oxygen atoms in total. The number of aromatic nitrogens is 2. The maximum atomic E-state index is 12.5. The molecule has 1 aromatic heterocycles. The maximum absolute atomic E-state index is 12.5. The number of hydrogen-bond donors (Lipinski definition) is 1. The summed E-state index contributed by atoms with van der Waals surface area (Å²) in [6.45, 7) is 8.40. The van der Waals surface area contributed by atoms with Crippen LogP contribution in [0.25, 0.3) is 0 Å². The lowest BCUT2D eigenvalue weighted by molar-refractivity contribution is 0.0748. The van der Waals surface area contributed by atoms with Gasteiger partial charge in [-0.15, -0.1) is 10.2 Å². The lowest BCUT2D eigenvalue weighted by atomic mass is 10.1. The van der Waals surface area contributed by atoms with E-state index in [1.54, 1.807) is 6.07 Å². The number of benzene rings is 1. The molecule has 1 N–H and O–H groups in total. The average Bonchev–Trinajstić information content (AvgIpc) is 2.60. The number of amides is 1. The molecule has 2 aromatic rings. The van der Waals surface area contributed by atoms with E-state index >= 15 is 0 Å². The molecule has 0 unspecified atom stereocenters. The molecule has 1 aromatic carbocycles. The van der Waals surface area contributed by atoms with E-state index in [0.29, 0.717) is 18.1 Å². The Hall–Kier alpha value is -2.43. The second kappa shape index (κ2) is 9.01. The number of anilines is 1. The number of hydrogen-bond acceptors (Lipinski definition) is 4. The van der Waals surface area contributed by atoms with Crippen LogP contribution in [0.3, 0.4) is 0 Å². The molecule has 1 amide bonds. The summed E-state index contributed by atoms with van der Waals surface area (Å²) >= 11 is 0. The summed E-state index contributed by atoms with van der Waals surface area (Å²) in [6, 6.07) is 11.9.